The minimum atomic E-state index is -0.958. The molecule has 0 atom stereocenters. The number of rotatable bonds is 5. The molecule has 0 unspecified atom stereocenters. The van der Waals surface area contributed by atoms with Gasteiger partial charge in [-0.2, -0.15) is 0 Å². The van der Waals surface area contributed by atoms with Crippen molar-refractivity contribution in [3.05, 3.63) is 82.4 Å². The highest BCUT2D eigenvalue weighted by molar-refractivity contribution is 6.01. The number of fused-ring (bicyclic) bond motifs is 3. The molecule has 2 aliphatic rings. The lowest BCUT2D eigenvalue weighted by Gasteiger charge is -2.23. The number of anilines is 1. The molecule has 0 aliphatic carbocycles. The zero-order valence-corrected chi connectivity index (χ0v) is 28.7. The zero-order chi connectivity index (χ0) is 34.5. The summed E-state index contributed by atoms with van der Waals surface area (Å²) in [5.74, 6) is -1.07. The Morgan fingerprint density at radius 3 is 2.52 bits per heavy atom. The summed E-state index contributed by atoms with van der Waals surface area (Å²) in [6, 6.07) is 14.1. The topological polar surface area (TPSA) is 101 Å². The number of aliphatic hydroxyl groups is 1. The minimum Gasteiger partial charge on any atom is -0.490 e. The Morgan fingerprint density at radius 1 is 1.04 bits per heavy atom. The number of halogens is 1. The standard InChI is InChI=1S/C35H33FN4O3.C4H10O/c1-19-24-6-5-13-43-34(24)28(36)16-25(19)33-26(18-32(41)42)20(2)38-35-27(33)17-31(40(35)4)22-9-11-37-29(15-22)21-7-8-30-23(14-21)10-12-39(30)3;1-4(2,3)5/h7-9,11,14-17H,5-6,10,12-13,18H2,1-4H3,(H,41,42);5H,1-3H3. The predicted octanol–water partition coefficient (Wildman–Crippen LogP) is 7.45. The Labute approximate surface area is 280 Å². The Bertz CT molecular complexity index is 2050. The lowest BCUT2D eigenvalue weighted by molar-refractivity contribution is -0.136. The Kier molecular flexibility index (Phi) is 8.76. The van der Waals surface area contributed by atoms with Crippen LogP contribution in [0.1, 0.15) is 55.1 Å². The third kappa shape index (κ3) is 6.39. The van der Waals surface area contributed by atoms with Crippen molar-refractivity contribution in [2.75, 3.05) is 25.1 Å². The predicted molar refractivity (Wildman–Crippen MR) is 188 cm³/mol. The average molecular weight is 651 g/mol. The van der Waals surface area contributed by atoms with E-state index in [2.05, 4.69) is 36.2 Å². The monoisotopic (exact) mass is 650 g/mol. The first kappa shape index (κ1) is 33.2. The number of carboxylic acid groups (broad SMARTS) is 1. The summed E-state index contributed by atoms with van der Waals surface area (Å²) in [5, 5.41) is 19.2. The van der Waals surface area contributed by atoms with Crippen LogP contribution in [0.3, 0.4) is 0 Å². The number of benzene rings is 2. The second kappa shape index (κ2) is 12.7. The molecule has 8 nitrogen and oxygen atoms in total. The van der Waals surface area contributed by atoms with Gasteiger partial charge in [0.05, 0.1) is 30.0 Å². The normalized spacial score (nSPS) is 13.9. The van der Waals surface area contributed by atoms with Gasteiger partial charge in [-0.15, -0.1) is 0 Å². The highest BCUT2D eigenvalue weighted by Gasteiger charge is 2.26. The first-order valence-corrected chi connectivity index (χ1v) is 16.4. The third-order valence-electron chi connectivity index (χ3n) is 9.07. The first-order valence-electron chi connectivity index (χ1n) is 16.4. The molecule has 0 bridgehead atoms. The highest BCUT2D eigenvalue weighted by atomic mass is 19.1. The van der Waals surface area contributed by atoms with Gasteiger partial charge in [-0.1, -0.05) is 6.07 Å². The smallest absolute Gasteiger partial charge is 0.307 e. The molecule has 2 N–H and O–H groups in total. The van der Waals surface area contributed by atoms with Crippen LogP contribution < -0.4 is 9.64 Å². The molecule has 250 valence electrons. The van der Waals surface area contributed by atoms with E-state index < -0.39 is 17.4 Å². The Hall–Kier alpha value is -4.76. The summed E-state index contributed by atoms with van der Waals surface area (Å²) >= 11 is 0. The molecule has 0 spiro atoms. The van der Waals surface area contributed by atoms with E-state index in [1.807, 2.05) is 43.8 Å². The van der Waals surface area contributed by atoms with Crippen LogP contribution in [0, 0.1) is 19.7 Å². The van der Waals surface area contributed by atoms with Crippen molar-refractivity contribution in [1.82, 2.24) is 14.5 Å². The van der Waals surface area contributed by atoms with Crippen LogP contribution in [0.4, 0.5) is 10.1 Å². The lowest BCUT2D eigenvalue weighted by atomic mass is 9.87. The molecule has 5 aromatic rings. The fourth-order valence-electron chi connectivity index (χ4n) is 6.83. The molecule has 2 aromatic carbocycles. The number of hydrogen-bond acceptors (Lipinski definition) is 6. The number of likely N-dealkylation sites (N-methyl/N-ethyl adjacent to an activating group) is 1. The molecular weight excluding hydrogens is 607 g/mol. The van der Waals surface area contributed by atoms with E-state index in [0.29, 0.717) is 46.8 Å². The quantitative estimate of drug-likeness (QED) is 0.204. The van der Waals surface area contributed by atoms with Gasteiger partial charge in [0.2, 0.25) is 0 Å². The number of hydrogen-bond donors (Lipinski definition) is 2. The molecule has 9 heteroatoms. The summed E-state index contributed by atoms with van der Waals surface area (Å²) in [4.78, 5) is 23.9. The van der Waals surface area contributed by atoms with E-state index in [9.17, 15) is 9.90 Å². The van der Waals surface area contributed by atoms with Gasteiger partial charge >= 0.3 is 5.97 Å². The largest absolute Gasteiger partial charge is 0.490 e. The fraction of sp³-hybridized carbons (Fsp3) is 0.359. The number of pyridine rings is 2. The second-order valence-corrected chi connectivity index (χ2v) is 13.9. The molecule has 48 heavy (non-hydrogen) atoms. The number of aryl methyl sites for hydroxylation is 2. The minimum absolute atomic E-state index is 0.212. The molecule has 0 saturated heterocycles. The second-order valence-electron chi connectivity index (χ2n) is 13.9. The van der Waals surface area contributed by atoms with Crippen molar-refractivity contribution in [1.29, 1.82) is 0 Å². The molecule has 0 fully saturated rings. The maximum Gasteiger partial charge on any atom is 0.307 e. The van der Waals surface area contributed by atoms with Crippen molar-refractivity contribution < 1.29 is 24.1 Å². The van der Waals surface area contributed by atoms with E-state index in [0.717, 1.165) is 58.4 Å². The highest BCUT2D eigenvalue weighted by Crippen LogP contribution is 2.43. The van der Waals surface area contributed by atoms with Gasteiger partial charge in [-0.05, 0) is 118 Å². The summed E-state index contributed by atoms with van der Waals surface area (Å²) in [5.41, 5.74) is 11.0. The van der Waals surface area contributed by atoms with Gasteiger partial charge < -0.3 is 24.4 Å². The molecular formula is C39H43FN4O4. The van der Waals surface area contributed by atoms with Gasteiger partial charge in [0.15, 0.2) is 11.6 Å². The van der Waals surface area contributed by atoms with Crippen LogP contribution in [0.25, 0.3) is 44.7 Å². The number of ether oxygens (including phenoxy) is 1. The SMILES string of the molecule is CC(C)(C)O.Cc1nc2c(cc(-c3ccnc(-c4ccc5c(c4)CCN5C)c3)n2C)c(-c2cc(F)c3c(c2C)CCCO3)c1CC(=O)O. The summed E-state index contributed by atoms with van der Waals surface area (Å²) in [6.07, 6.45) is 4.15. The van der Waals surface area contributed by atoms with Crippen LogP contribution in [0.15, 0.2) is 48.7 Å². The number of aromatic nitrogens is 3. The van der Waals surface area contributed by atoms with E-state index in [1.54, 1.807) is 20.8 Å². The maximum atomic E-state index is 15.5. The van der Waals surface area contributed by atoms with Crippen LogP contribution >= 0.6 is 0 Å². The summed E-state index contributed by atoms with van der Waals surface area (Å²) < 4.78 is 23.2. The van der Waals surface area contributed by atoms with Crippen LogP contribution in [-0.4, -0.2) is 56.5 Å². The van der Waals surface area contributed by atoms with Crippen molar-refractivity contribution in [2.24, 2.45) is 7.05 Å². The average Bonchev–Trinajstić information content (AvgIpc) is 3.57. The number of nitrogens with zero attached hydrogens (tertiary/aromatic N) is 4. The maximum absolute atomic E-state index is 15.5. The molecule has 0 saturated carbocycles. The van der Waals surface area contributed by atoms with E-state index in [-0.39, 0.29) is 6.42 Å². The molecule has 3 aromatic heterocycles. The van der Waals surface area contributed by atoms with Crippen LogP contribution in [0.2, 0.25) is 0 Å². The van der Waals surface area contributed by atoms with Crippen molar-refractivity contribution >= 4 is 22.7 Å². The molecule has 5 heterocycles. The van der Waals surface area contributed by atoms with Crippen LogP contribution in [0.5, 0.6) is 5.75 Å². The van der Waals surface area contributed by atoms with Gasteiger partial charge in [0, 0.05) is 60.3 Å². The first-order chi connectivity index (χ1) is 22.7. The number of carbonyl (C=O) groups is 1. The van der Waals surface area contributed by atoms with Crippen molar-refractivity contribution in [3.63, 3.8) is 0 Å². The molecule has 0 amide bonds. The van der Waals surface area contributed by atoms with E-state index in [4.69, 9.17) is 19.8 Å². The lowest BCUT2D eigenvalue weighted by Crippen LogP contribution is -2.13. The Balaban J connectivity index is 0.000000749. The van der Waals surface area contributed by atoms with E-state index >= 15 is 4.39 Å². The van der Waals surface area contributed by atoms with E-state index in [1.165, 1.54) is 17.3 Å². The number of carboxylic acids is 1. The molecule has 7 rings (SSSR count). The zero-order valence-electron chi connectivity index (χ0n) is 28.7. The molecule has 2 aliphatic heterocycles. The van der Waals surface area contributed by atoms with Crippen molar-refractivity contribution in [2.45, 2.75) is 65.9 Å². The van der Waals surface area contributed by atoms with Crippen LogP contribution in [-0.2, 0) is 31.1 Å². The molecule has 0 radical (unpaired) electrons. The van der Waals surface area contributed by atoms with Crippen molar-refractivity contribution in [3.8, 4) is 39.4 Å². The Morgan fingerprint density at radius 2 is 1.79 bits per heavy atom. The van der Waals surface area contributed by atoms with Gasteiger partial charge in [-0.3, -0.25) is 9.78 Å². The van der Waals surface area contributed by atoms with Gasteiger partial charge in [0.25, 0.3) is 0 Å². The number of aliphatic carboxylic acids is 1. The fourth-order valence-corrected chi connectivity index (χ4v) is 6.83. The van der Waals surface area contributed by atoms with Gasteiger partial charge in [-0.25, -0.2) is 9.37 Å². The summed E-state index contributed by atoms with van der Waals surface area (Å²) in [6.45, 7) is 10.5. The van der Waals surface area contributed by atoms with Gasteiger partial charge in [0.1, 0.15) is 5.65 Å². The summed E-state index contributed by atoms with van der Waals surface area (Å²) in [7, 11) is 4.08. The third-order valence-corrected chi connectivity index (χ3v) is 9.07.